The van der Waals surface area contributed by atoms with E-state index in [1.54, 1.807) is 0 Å². The Kier molecular flexibility index (Phi) is 5.61. The molecule has 2 rings (SSSR count). The molecule has 0 saturated heterocycles. The van der Waals surface area contributed by atoms with E-state index >= 15 is 0 Å². The molecule has 0 saturated carbocycles. The van der Waals surface area contributed by atoms with E-state index in [1.165, 1.54) is 10.4 Å². The van der Waals surface area contributed by atoms with Gasteiger partial charge in [0.15, 0.2) is 0 Å². The van der Waals surface area contributed by atoms with Crippen LogP contribution in [0.4, 0.5) is 0 Å². The van der Waals surface area contributed by atoms with Gasteiger partial charge in [0.05, 0.1) is 0 Å². The van der Waals surface area contributed by atoms with E-state index in [-0.39, 0.29) is 0 Å². The van der Waals surface area contributed by atoms with Crippen molar-refractivity contribution in [3.05, 3.63) is 56.7 Å². The van der Waals surface area contributed by atoms with Crippen molar-refractivity contribution >= 4 is 27.3 Å². The van der Waals surface area contributed by atoms with E-state index in [2.05, 4.69) is 76.9 Å². The third-order valence-electron chi connectivity index (χ3n) is 3.38. The lowest BCUT2D eigenvalue weighted by atomic mass is 10.0. The first kappa shape index (κ1) is 14.8. The number of halogens is 1. The summed E-state index contributed by atoms with van der Waals surface area (Å²) in [7, 11) is 0. The van der Waals surface area contributed by atoms with Crippen molar-refractivity contribution in [3.8, 4) is 0 Å². The maximum atomic E-state index is 3.79. The van der Waals surface area contributed by atoms with E-state index in [4.69, 9.17) is 0 Å². The van der Waals surface area contributed by atoms with Crippen LogP contribution in [-0.2, 0) is 0 Å². The van der Waals surface area contributed by atoms with Gasteiger partial charge in [0, 0.05) is 21.4 Å². The molecular weight excluding hydrogens is 318 g/mol. The first-order valence-electron chi connectivity index (χ1n) is 6.79. The average molecular weight is 338 g/mol. The molecule has 0 bridgehead atoms. The second-order valence-corrected chi connectivity index (χ2v) is 6.55. The fourth-order valence-corrected chi connectivity index (χ4v) is 3.41. The van der Waals surface area contributed by atoms with E-state index < -0.39 is 0 Å². The second kappa shape index (κ2) is 7.22. The summed E-state index contributed by atoms with van der Waals surface area (Å²) in [5, 5.41) is 5.94. The normalized spacial score (nSPS) is 14.3. The Morgan fingerprint density at radius 2 is 1.74 bits per heavy atom. The first-order chi connectivity index (χ1) is 9.24. The van der Waals surface area contributed by atoms with Crippen LogP contribution in [0.15, 0.2) is 46.3 Å². The van der Waals surface area contributed by atoms with E-state index in [0.29, 0.717) is 12.1 Å². The highest BCUT2D eigenvalue weighted by Crippen LogP contribution is 2.27. The van der Waals surface area contributed by atoms with Crippen LogP contribution in [0, 0.1) is 0 Å². The maximum Gasteiger partial charge on any atom is 0.0417 e. The number of thiophene rings is 1. The zero-order chi connectivity index (χ0) is 13.7. The molecule has 3 heteroatoms. The number of hydrogen-bond donors (Lipinski definition) is 1. The zero-order valence-corrected chi connectivity index (χ0v) is 13.8. The Labute approximate surface area is 128 Å². The second-order valence-electron chi connectivity index (χ2n) is 4.66. The van der Waals surface area contributed by atoms with Crippen molar-refractivity contribution in [2.45, 2.75) is 38.8 Å². The maximum absolute atomic E-state index is 3.79. The van der Waals surface area contributed by atoms with Gasteiger partial charge in [-0.05, 0) is 42.0 Å². The van der Waals surface area contributed by atoms with Crippen LogP contribution in [0.5, 0.6) is 0 Å². The zero-order valence-electron chi connectivity index (χ0n) is 11.4. The lowest BCUT2D eigenvalue weighted by Gasteiger charge is -2.24. The molecule has 102 valence electrons. The molecule has 1 nitrogen and oxygen atoms in total. The fraction of sp³-hybridized carbons (Fsp3) is 0.375. The van der Waals surface area contributed by atoms with E-state index in [0.717, 1.165) is 17.3 Å². The van der Waals surface area contributed by atoms with Crippen LogP contribution < -0.4 is 5.32 Å². The van der Waals surface area contributed by atoms with Crippen LogP contribution >= 0.6 is 27.3 Å². The van der Waals surface area contributed by atoms with Crippen molar-refractivity contribution < 1.29 is 0 Å². The Hall–Kier alpha value is -0.640. The molecule has 19 heavy (non-hydrogen) atoms. The van der Waals surface area contributed by atoms with Crippen LogP contribution in [-0.4, -0.2) is 0 Å². The monoisotopic (exact) mass is 337 g/mol. The molecule has 1 heterocycles. The van der Waals surface area contributed by atoms with E-state index in [1.807, 2.05) is 11.3 Å². The standard InChI is InChI=1S/C16H20BrNS/c1-3-14(12-7-9-13(17)10-8-12)18-15(4-2)16-6-5-11-19-16/h5-11,14-15,18H,3-4H2,1-2H3. The van der Waals surface area contributed by atoms with E-state index in [9.17, 15) is 0 Å². The van der Waals surface area contributed by atoms with Crippen molar-refractivity contribution in [1.29, 1.82) is 0 Å². The summed E-state index contributed by atoms with van der Waals surface area (Å²) in [6.07, 6.45) is 2.22. The third kappa shape index (κ3) is 3.91. The molecule has 2 unspecified atom stereocenters. The van der Waals surface area contributed by atoms with Crippen LogP contribution in [0.1, 0.15) is 49.2 Å². The Morgan fingerprint density at radius 1 is 1.05 bits per heavy atom. The molecular formula is C16H20BrNS. The predicted octanol–water partition coefficient (Wildman–Crippen LogP) is 5.70. The van der Waals surface area contributed by atoms with Crippen molar-refractivity contribution in [1.82, 2.24) is 5.32 Å². The smallest absolute Gasteiger partial charge is 0.0417 e. The summed E-state index contributed by atoms with van der Waals surface area (Å²) < 4.78 is 1.14. The topological polar surface area (TPSA) is 12.0 Å². The SMILES string of the molecule is CCC(NC(CC)c1cccs1)c1ccc(Br)cc1. The van der Waals surface area contributed by atoms with Gasteiger partial charge in [0.25, 0.3) is 0 Å². The number of rotatable bonds is 6. The van der Waals surface area contributed by atoms with Gasteiger partial charge in [-0.1, -0.05) is 48.0 Å². The van der Waals surface area contributed by atoms with Gasteiger partial charge in [-0.3, -0.25) is 0 Å². The minimum atomic E-state index is 0.417. The van der Waals surface area contributed by atoms with Crippen LogP contribution in [0.3, 0.4) is 0 Å². The summed E-state index contributed by atoms with van der Waals surface area (Å²) in [5.41, 5.74) is 1.36. The first-order valence-corrected chi connectivity index (χ1v) is 8.46. The quantitative estimate of drug-likeness (QED) is 0.712. The molecule has 0 aliphatic carbocycles. The highest BCUT2D eigenvalue weighted by Gasteiger charge is 2.16. The molecule has 1 N–H and O–H groups in total. The average Bonchev–Trinajstić information content (AvgIpc) is 2.95. The Bertz CT molecular complexity index is 478. The largest absolute Gasteiger partial charge is 0.302 e. The summed E-state index contributed by atoms with van der Waals surface area (Å²) >= 11 is 5.33. The molecule has 0 amide bonds. The Morgan fingerprint density at radius 3 is 2.26 bits per heavy atom. The summed E-state index contributed by atoms with van der Waals surface area (Å²) in [5.74, 6) is 0. The lowest BCUT2D eigenvalue weighted by molar-refractivity contribution is 0.430. The van der Waals surface area contributed by atoms with Gasteiger partial charge < -0.3 is 5.32 Å². The number of nitrogens with one attached hydrogen (secondary N) is 1. The lowest BCUT2D eigenvalue weighted by Crippen LogP contribution is -2.25. The molecule has 1 aromatic carbocycles. The fourth-order valence-electron chi connectivity index (χ4n) is 2.28. The van der Waals surface area contributed by atoms with Crippen molar-refractivity contribution in [2.75, 3.05) is 0 Å². The summed E-state index contributed by atoms with van der Waals surface area (Å²) in [6, 6.07) is 13.9. The summed E-state index contributed by atoms with van der Waals surface area (Å²) in [6.45, 7) is 4.48. The highest BCUT2D eigenvalue weighted by atomic mass is 79.9. The predicted molar refractivity (Wildman–Crippen MR) is 87.7 cm³/mol. The summed E-state index contributed by atoms with van der Waals surface area (Å²) in [4.78, 5) is 1.43. The minimum Gasteiger partial charge on any atom is -0.302 e. The van der Waals surface area contributed by atoms with Gasteiger partial charge >= 0.3 is 0 Å². The minimum absolute atomic E-state index is 0.417. The van der Waals surface area contributed by atoms with Gasteiger partial charge in [0.2, 0.25) is 0 Å². The molecule has 1 aromatic heterocycles. The van der Waals surface area contributed by atoms with Crippen molar-refractivity contribution in [3.63, 3.8) is 0 Å². The van der Waals surface area contributed by atoms with Gasteiger partial charge in [0.1, 0.15) is 0 Å². The number of hydrogen-bond acceptors (Lipinski definition) is 2. The van der Waals surface area contributed by atoms with Gasteiger partial charge in [-0.2, -0.15) is 0 Å². The molecule has 2 aromatic rings. The molecule has 0 fully saturated rings. The molecule has 2 atom stereocenters. The van der Waals surface area contributed by atoms with Crippen LogP contribution in [0.2, 0.25) is 0 Å². The molecule has 0 aliphatic rings. The molecule has 0 radical (unpaired) electrons. The van der Waals surface area contributed by atoms with Crippen molar-refractivity contribution in [2.24, 2.45) is 0 Å². The Balaban J connectivity index is 2.11. The molecule has 0 spiro atoms. The number of benzene rings is 1. The van der Waals surface area contributed by atoms with Gasteiger partial charge in [-0.25, -0.2) is 0 Å². The molecule has 0 aliphatic heterocycles. The third-order valence-corrected chi connectivity index (χ3v) is 4.89. The highest BCUT2D eigenvalue weighted by molar-refractivity contribution is 9.10. The van der Waals surface area contributed by atoms with Gasteiger partial charge in [-0.15, -0.1) is 11.3 Å². The van der Waals surface area contributed by atoms with Crippen LogP contribution in [0.25, 0.3) is 0 Å².